The fourth-order valence-corrected chi connectivity index (χ4v) is 4.79. The van der Waals surface area contributed by atoms with Crippen LogP contribution in [0.3, 0.4) is 0 Å². The van der Waals surface area contributed by atoms with E-state index in [4.69, 9.17) is 25.8 Å². The molecule has 3 aromatic carbocycles. The molecule has 3 aromatic rings. The van der Waals surface area contributed by atoms with Gasteiger partial charge in [0.15, 0.2) is 11.5 Å². The van der Waals surface area contributed by atoms with Crippen molar-refractivity contribution in [2.75, 3.05) is 25.7 Å². The highest BCUT2D eigenvalue weighted by molar-refractivity contribution is 6.52. The summed E-state index contributed by atoms with van der Waals surface area (Å²) in [5, 5.41) is 11.9. The van der Waals surface area contributed by atoms with E-state index in [2.05, 4.69) is 0 Å². The minimum absolute atomic E-state index is 0.0850. The number of halogens is 1. The highest BCUT2D eigenvalue weighted by atomic mass is 35.5. The lowest BCUT2D eigenvalue weighted by molar-refractivity contribution is -0.132. The van der Waals surface area contributed by atoms with Gasteiger partial charge in [0.25, 0.3) is 11.7 Å². The molecule has 0 bridgehead atoms. The lowest BCUT2D eigenvalue weighted by Gasteiger charge is -2.27. The van der Waals surface area contributed by atoms with Crippen molar-refractivity contribution in [1.29, 1.82) is 0 Å². The van der Waals surface area contributed by atoms with E-state index in [9.17, 15) is 14.7 Å². The van der Waals surface area contributed by atoms with Crippen molar-refractivity contribution in [3.63, 3.8) is 0 Å². The van der Waals surface area contributed by atoms with Gasteiger partial charge in [-0.05, 0) is 68.3 Å². The number of Topliss-reactive ketones (excluding diaryl/α,β-unsaturated/α-hetero) is 1. The fraction of sp³-hybridized carbons (Fsp3) is 0.241. The SMILES string of the molecule is CCOc1cc(C2/C(=C(\O)c3cc(Cl)ccc3OC)C(=O)C(=O)N2c2ccc(C)cc2C)ccc1OC. The van der Waals surface area contributed by atoms with E-state index < -0.39 is 17.7 Å². The van der Waals surface area contributed by atoms with Crippen LogP contribution >= 0.6 is 11.6 Å². The zero-order chi connectivity index (χ0) is 26.9. The summed E-state index contributed by atoms with van der Waals surface area (Å²) in [5.41, 5.74) is 3.07. The predicted octanol–water partition coefficient (Wildman–Crippen LogP) is 6.00. The number of aliphatic hydroxyl groups excluding tert-OH is 1. The summed E-state index contributed by atoms with van der Waals surface area (Å²) in [7, 11) is 2.98. The third kappa shape index (κ3) is 4.74. The number of hydrogen-bond donors (Lipinski definition) is 1. The van der Waals surface area contributed by atoms with Crippen LogP contribution in [0.15, 0.2) is 60.2 Å². The molecule has 7 nitrogen and oxygen atoms in total. The molecule has 1 saturated heterocycles. The van der Waals surface area contributed by atoms with Gasteiger partial charge in [-0.2, -0.15) is 0 Å². The summed E-state index contributed by atoms with van der Waals surface area (Å²) in [6.45, 7) is 6.06. The van der Waals surface area contributed by atoms with Crippen LogP contribution < -0.4 is 19.1 Å². The van der Waals surface area contributed by atoms with Crippen LogP contribution in [0.2, 0.25) is 5.02 Å². The first-order chi connectivity index (χ1) is 17.7. The summed E-state index contributed by atoms with van der Waals surface area (Å²) < 4.78 is 16.6. The summed E-state index contributed by atoms with van der Waals surface area (Å²) >= 11 is 6.21. The third-order valence-corrected chi connectivity index (χ3v) is 6.51. The molecule has 0 aromatic heterocycles. The second-order valence-electron chi connectivity index (χ2n) is 8.65. The maximum Gasteiger partial charge on any atom is 0.300 e. The normalized spacial score (nSPS) is 16.7. The van der Waals surface area contributed by atoms with Crippen LogP contribution in [-0.4, -0.2) is 37.6 Å². The molecule has 1 fully saturated rings. The van der Waals surface area contributed by atoms with Gasteiger partial charge in [-0.15, -0.1) is 0 Å². The molecule has 1 aliphatic rings. The molecule has 4 rings (SSSR count). The van der Waals surface area contributed by atoms with Gasteiger partial charge in [0.1, 0.15) is 11.5 Å². The van der Waals surface area contributed by atoms with Gasteiger partial charge in [0.05, 0.1) is 38.0 Å². The third-order valence-electron chi connectivity index (χ3n) is 6.28. The van der Waals surface area contributed by atoms with Crippen LogP contribution in [-0.2, 0) is 9.59 Å². The van der Waals surface area contributed by atoms with Gasteiger partial charge in [-0.25, -0.2) is 0 Å². The summed E-state index contributed by atoms with van der Waals surface area (Å²) in [5.74, 6) is -0.696. The summed E-state index contributed by atoms with van der Waals surface area (Å²) in [4.78, 5) is 28.5. The molecule has 192 valence electrons. The quantitative estimate of drug-likeness (QED) is 0.233. The molecule has 1 heterocycles. The van der Waals surface area contributed by atoms with Crippen LogP contribution in [0.1, 0.15) is 35.2 Å². The number of benzene rings is 3. The zero-order valence-corrected chi connectivity index (χ0v) is 22.1. The van der Waals surface area contributed by atoms with E-state index in [1.54, 1.807) is 36.4 Å². The smallest absolute Gasteiger partial charge is 0.300 e. The van der Waals surface area contributed by atoms with Crippen molar-refractivity contribution in [3.05, 3.63) is 87.4 Å². The highest BCUT2D eigenvalue weighted by Crippen LogP contribution is 2.46. The molecule has 0 aliphatic carbocycles. The lowest BCUT2D eigenvalue weighted by atomic mass is 9.94. The second kappa shape index (κ2) is 10.6. The van der Waals surface area contributed by atoms with Crippen LogP contribution in [0.4, 0.5) is 5.69 Å². The maximum absolute atomic E-state index is 13.5. The standard InChI is InChI=1S/C29H28ClNO6/c1-6-37-24-14-18(8-11-23(24)36-5)26-25(27(32)20-15-19(30)9-12-22(20)35-4)28(33)29(34)31(26)21-10-7-16(2)13-17(21)3/h7-15,26,32H,6H2,1-5H3/b27-25+. The van der Waals surface area contributed by atoms with E-state index in [0.717, 1.165) is 11.1 Å². The molecule has 37 heavy (non-hydrogen) atoms. The average Bonchev–Trinajstić information content (AvgIpc) is 3.14. The van der Waals surface area contributed by atoms with Crippen LogP contribution in [0.25, 0.3) is 5.76 Å². The van der Waals surface area contributed by atoms with Gasteiger partial charge >= 0.3 is 0 Å². The van der Waals surface area contributed by atoms with Gasteiger partial charge in [0.2, 0.25) is 0 Å². The molecular formula is C29H28ClNO6. The number of ketones is 1. The topological polar surface area (TPSA) is 85.3 Å². The minimum Gasteiger partial charge on any atom is -0.507 e. The predicted molar refractivity (Wildman–Crippen MR) is 143 cm³/mol. The number of carbonyl (C=O) groups excluding carboxylic acids is 2. The minimum atomic E-state index is -0.949. The van der Waals surface area contributed by atoms with Crippen LogP contribution in [0, 0.1) is 13.8 Å². The zero-order valence-electron chi connectivity index (χ0n) is 21.3. The molecule has 0 saturated carbocycles. The Hall–Kier alpha value is -3.97. The number of carbonyl (C=O) groups is 2. The molecule has 1 atom stereocenters. The number of aryl methyl sites for hydroxylation is 2. The van der Waals surface area contributed by atoms with Gasteiger partial charge in [-0.3, -0.25) is 14.5 Å². The van der Waals surface area contributed by atoms with E-state index >= 15 is 0 Å². The number of hydrogen-bond acceptors (Lipinski definition) is 6. The van der Waals surface area contributed by atoms with Gasteiger partial charge in [-0.1, -0.05) is 35.4 Å². The molecule has 1 N–H and O–H groups in total. The van der Waals surface area contributed by atoms with Crippen molar-refractivity contribution in [3.8, 4) is 17.2 Å². The second-order valence-corrected chi connectivity index (χ2v) is 9.08. The lowest BCUT2D eigenvalue weighted by Crippen LogP contribution is -2.30. The van der Waals surface area contributed by atoms with Gasteiger partial charge < -0.3 is 19.3 Å². The molecule has 1 unspecified atom stereocenters. The Bertz CT molecular complexity index is 1410. The van der Waals surface area contributed by atoms with Crippen molar-refractivity contribution < 1.29 is 28.9 Å². The van der Waals surface area contributed by atoms with Crippen molar-refractivity contribution in [2.24, 2.45) is 0 Å². The summed E-state index contributed by atoms with van der Waals surface area (Å²) in [6, 6.07) is 14.5. The number of methoxy groups -OCH3 is 2. The molecule has 8 heteroatoms. The van der Waals surface area contributed by atoms with E-state index in [1.165, 1.54) is 25.2 Å². The maximum atomic E-state index is 13.5. The number of amides is 1. The highest BCUT2D eigenvalue weighted by Gasteiger charge is 2.47. The van der Waals surface area contributed by atoms with Crippen molar-refractivity contribution >= 4 is 34.7 Å². The van der Waals surface area contributed by atoms with Crippen molar-refractivity contribution in [1.82, 2.24) is 0 Å². The Balaban J connectivity index is 2.03. The molecular weight excluding hydrogens is 494 g/mol. The Kier molecular flexibility index (Phi) is 7.45. The first kappa shape index (κ1) is 26.1. The van der Waals surface area contributed by atoms with E-state index in [-0.39, 0.29) is 16.9 Å². The number of aliphatic hydroxyl groups is 1. The van der Waals surface area contributed by atoms with Crippen molar-refractivity contribution in [2.45, 2.75) is 26.8 Å². The van der Waals surface area contributed by atoms with E-state index in [0.29, 0.717) is 40.1 Å². The van der Waals surface area contributed by atoms with Gasteiger partial charge in [0, 0.05) is 10.7 Å². The molecule has 0 radical (unpaired) electrons. The number of nitrogens with zero attached hydrogens (tertiary/aromatic N) is 1. The summed E-state index contributed by atoms with van der Waals surface area (Å²) in [6.07, 6.45) is 0. The number of rotatable bonds is 7. The Labute approximate surface area is 220 Å². The van der Waals surface area contributed by atoms with E-state index in [1.807, 2.05) is 32.9 Å². The number of ether oxygens (including phenoxy) is 3. The fourth-order valence-electron chi connectivity index (χ4n) is 4.61. The molecule has 1 aliphatic heterocycles. The Morgan fingerprint density at radius 1 is 0.946 bits per heavy atom. The molecule has 1 amide bonds. The number of anilines is 1. The average molecular weight is 522 g/mol. The Morgan fingerprint density at radius 2 is 1.65 bits per heavy atom. The first-order valence-electron chi connectivity index (χ1n) is 11.7. The largest absolute Gasteiger partial charge is 0.507 e. The van der Waals surface area contributed by atoms with Crippen LogP contribution in [0.5, 0.6) is 17.2 Å². The Morgan fingerprint density at radius 3 is 2.30 bits per heavy atom. The first-order valence-corrected chi connectivity index (χ1v) is 12.1. The molecule has 0 spiro atoms. The monoisotopic (exact) mass is 521 g/mol.